The van der Waals surface area contributed by atoms with E-state index in [2.05, 4.69) is 0 Å². The molecule has 6 nitrogen and oxygen atoms in total. The predicted octanol–water partition coefficient (Wildman–Crippen LogP) is 3.87. The number of carbonyl (C=O) groups excluding carboxylic acids is 1. The molecule has 0 bridgehead atoms. The highest BCUT2D eigenvalue weighted by Crippen LogP contribution is 2.34. The van der Waals surface area contributed by atoms with E-state index < -0.39 is 11.3 Å². The Kier molecular flexibility index (Phi) is 5.84. The summed E-state index contributed by atoms with van der Waals surface area (Å²) in [6, 6.07) is 8.50. The highest BCUT2D eigenvalue weighted by atomic mass is 16.5. The van der Waals surface area contributed by atoms with Gasteiger partial charge in [-0.05, 0) is 44.4 Å². The summed E-state index contributed by atoms with van der Waals surface area (Å²) in [5.74, 6) is -0.410. The van der Waals surface area contributed by atoms with E-state index in [-0.39, 0.29) is 28.6 Å². The van der Waals surface area contributed by atoms with Crippen molar-refractivity contribution in [1.29, 1.82) is 5.26 Å². The van der Waals surface area contributed by atoms with Crippen LogP contribution in [-0.4, -0.2) is 22.1 Å². The highest BCUT2D eigenvalue weighted by Gasteiger charge is 2.29. The Bertz CT molecular complexity index is 995. The molecule has 0 spiro atoms. The number of carbonyl (C=O) groups is 1. The van der Waals surface area contributed by atoms with Gasteiger partial charge in [0.15, 0.2) is 0 Å². The molecule has 6 heteroatoms. The first kappa shape index (κ1) is 19.7. The molecular formula is C22H24N2O4. The number of hydrogen-bond donors (Lipinski definition) is 1. The van der Waals surface area contributed by atoms with Crippen molar-refractivity contribution in [1.82, 2.24) is 4.57 Å². The molecule has 28 heavy (non-hydrogen) atoms. The van der Waals surface area contributed by atoms with Crippen molar-refractivity contribution in [3.05, 3.63) is 56.9 Å². The van der Waals surface area contributed by atoms with Gasteiger partial charge in [-0.3, -0.25) is 14.2 Å². The number of hydrogen-bond acceptors (Lipinski definition) is 5. The van der Waals surface area contributed by atoms with E-state index in [0.717, 1.165) is 32.1 Å². The number of ketones is 1. The van der Waals surface area contributed by atoms with Gasteiger partial charge < -0.3 is 9.84 Å². The average molecular weight is 380 g/mol. The summed E-state index contributed by atoms with van der Waals surface area (Å²) in [7, 11) is 0. The van der Waals surface area contributed by atoms with Gasteiger partial charge in [0.05, 0.1) is 17.7 Å². The average Bonchev–Trinajstić information content (AvgIpc) is 2.69. The molecule has 1 saturated carbocycles. The van der Waals surface area contributed by atoms with Crippen LogP contribution in [0.25, 0.3) is 0 Å². The van der Waals surface area contributed by atoms with E-state index in [4.69, 9.17) is 4.74 Å². The Morgan fingerprint density at radius 2 is 1.96 bits per heavy atom. The third-order valence-corrected chi connectivity index (χ3v) is 5.34. The normalized spacial score (nSPS) is 14.5. The van der Waals surface area contributed by atoms with Gasteiger partial charge in [-0.2, -0.15) is 5.26 Å². The molecular weight excluding hydrogens is 356 g/mol. The number of pyridine rings is 1. The Morgan fingerprint density at radius 3 is 2.61 bits per heavy atom. The molecule has 0 aliphatic heterocycles. The number of para-hydroxylation sites is 1. The highest BCUT2D eigenvalue weighted by molar-refractivity contribution is 6.13. The van der Waals surface area contributed by atoms with Gasteiger partial charge in [-0.25, -0.2) is 0 Å². The van der Waals surface area contributed by atoms with Gasteiger partial charge in [-0.1, -0.05) is 31.4 Å². The minimum atomic E-state index is -0.529. The van der Waals surface area contributed by atoms with E-state index in [1.807, 2.05) is 13.0 Å². The Morgan fingerprint density at radius 1 is 1.29 bits per heavy atom. The number of benzene rings is 1. The van der Waals surface area contributed by atoms with Crippen LogP contribution in [0.15, 0.2) is 29.1 Å². The van der Waals surface area contributed by atoms with Crippen LogP contribution in [0.5, 0.6) is 11.6 Å². The van der Waals surface area contributed by atoms with Crippen LogP contribution >= 0.6 is 0 Å². The van der Waals surface area contributed by atoms with Gasteiger partial charge in [0.25, 0.3) is 5.56 Å². The number of rotatable bonds is 5. The standard InChI is InChI=1S/C22H24N2O4/c1-3-28-18-12-8-7-11-16(18)20(25)19-14(2)17(13-23)21(26)24(22(19)27)15-9-5-4-6-10-15/h7-8,11-12,15,27H,3-6,9-10H2,1-2H3. The minimum absolute atomic E-state index is 0.00567. The Labute approximate surface area is 164 Å². The van der Waals surface area contributed by atoms with Crippen molar-refractivity contribution < 1.29 is 14.6 Å². The second-order valence-corrected chi connectivity index (χ2v) is 7.04. The largest absolute Gasteiger partial charge is 0.494 e. The second-order valence-electron chi connectivity index (χ2n) is 7.04. The van der Waals surface area contributed by atoms with Crippen LogP contribution in [0.2, 0.25) is 0 Å². The monoisotopic (exact) mass is 380 g/mol. The predicted molar refractivity (Wildman–Crippen MR) is 105 cm³/mol. The van der Waals surface area contributed by atoms with Crippen molar-refractivity contribution in [2.24, 2.45) is 0 Å². The molecule has 2 aromatic rings. The number of ether oxygens (including phenoxy) is 1. The summed E-state index contributed by atoms with van der Waals surface area (Å²) < 4.78 is 6.80. The minimum Gasteiger partial charge on any atom is -0.494 e. The van der Waals surface area contributed by atoms with Crippen molar-refractivity contribution in [2.75, 3.05) is 6.61 Å². The van der Waals surface area contributed by atoms with E-state index in [1.54, 1.807) is 24.3 Å². The second kappa shape index (κ2) is 8.30. The van der Waals surface area contributed by atoms with Crippen molar-refractivity contribution in [2.45, 2.75) is 52.0 Å². The Balaban J connectivity index is 2.22. The number of nitrogens with zero attached hydrogens (tertiary/aromatic N) is 2. The summed E-state index contributed by atoms with van der Waals surface area (Å²) >= 11 is 0. The van der Waals surface area contributed by atoms with Gasteiger partial charge in [0.1, 0.15) is 17.4 Å². The zero-order valence-corrected chi connectivity index (χ0v) is 16.2. The van der Waals surface area contributed by atoms with Crippen LogP contribution < -0.4 is 10.3 Å². The molecule has 0 amide bonds. The van der Waals surface area contributed by atoms with E-state index in [0.29, 0.717) is 17.9 Å². The lowest BCUT2D eigenvalue weighted by molar-refractivity contribution is 0.102. The fourth-order valence-corrected chi connectivity index (χ4v) is 3.94. The summed E-state index contributed by atoms with van der Waals surface area (Å²) in [6.07, 6.45) is 4.46. The van der Waals surface area contributed by atoms with Crippen LogP contribution in [-0.2, 0) is 0 Å². The summed E-state index contributed by atoms with van der Waals surface area (Å²) in [6.45, 7) is 3.74. The topological polar surface area (TPSA) is 92.3 Å². The molecule has 1 heterocycles. The third kappa shape index (κ3) is 3.40. The van der Waals surface area contributed by atoms with E-state index in [9.17, 15) is 20.0 Å². The molecule has 3 rings (SSSR count). The molecule has 1 aromatic carbocycles. The summed E-state index contributed by atoms with van der Waals surface area (Å²) in [5.41, 5.74) is -0.137. The maximum Gasteiger partial charge on any atom is 0.271 e. The van der Waals surface area contributed by atoms with Crippen LogP contribution in [0.4, 0.5) is 0 Å². The summed E-state index contributed by atoms with van der Waals surface area (Å²) in [5, 5.41) is 20.5. The first-order valence-electron chi connectivity index (χ1n) is 9.65. The molecule has 1 fully saturated rings. The zero-order chi connectivity index (χ0) is 20.3. The fourth-order valence-electron chi connectivity index (χ4n) is 3.94. The first-order chi connectivity index (χ1) is 13.5. The maximum absolute atomic E-state index is 13.3. The molecule has 146 valence electrons. The fraction of sp³-hybridized carbons (Fsp3) is 0.409. The van der Waals surface area contributed by atoms with Crippen LogP contribution in [0.1, 0.15) is 72.1 Å². The molecule has 0 atom stereocenters. The van der Waals surface area contributed by atoms with Gasteiger partial charge >= 0.3 is 0 Å². The van der Waals surface area contributed by atoms with Crippen molar-refractivity contribution in [3.63, 3.8) is 0 Å². The molecule has 1 N–H and O–H groups in total. The van der Waals surface area contributed by atoms with E-state index in [1.165, 1.54) is 11.5 Å². The van der Waals surface area contributed by atoms with E-state index >= 15 is 0 Å². The van der Waals surface area contributed by atoms with Gasteiger partial charge in [0.2, 0.25) is 11.7 Å². The lowest BCUT2D eigenvalue weighted by atomic mass is 9.92. The number of aromatic nitrogens is 1. The SMILES string of the molecule is CCOc1ccccc1C(=O)c1c(C)c(C#N)c(=O)n(C2CCCCC2)c1O. The first-order valence-corrected chi connectivity index (χ1v) is 9.65. The third-order valence-electron chi connectivity index (χ3n) is 5.34. The molecule has 1 aliphatic carbocycles. The lowest BCUT2D eigenvalue weighted by Gasteiger charge is -2.26. The quantitative estimate of drug-likeness (QED) is 0.795. The zero-order valence-electron chi connectivity index (χ0n) is 16.2. The molecule has 0 saturated heterocycles. The van der Waals surface area contributed by atoms with Crippen LogP contribution in [0.3, 0.4) is 0 Å². The number of nitriles is 1. The van der Waals surface area contributed by atoms with Crippen molar-refractivity contribution >= 4 is 5.78 Å². The summed E-state index contributed by atoms with van der Waals surface area (Å²) in [4.78, 5) is 26.2. The lowest BCUT2D eigenvalue weighted by Crippen LogP contribution is -2.31. The molecule has 1 aliphatic rings. The van der Waals surface area contributed by atoms with Crippen LogP contribution in [0, 0.1) is 18.3 Å². The smallest absolute Gasteiger partial charge is 0.271 e. The number of aromatic hydroxyl groups is 1. The maximum atomic E-state index is 13.3. The molecule has 0 unspecified atom stereocenters. The van der Waals surface area contributed by atoms with Gasteiger partial charge in [0, 0.05) is 6.04 Å². The molecule has 1 aromatic heterocycles. The Hall–Kier alpha value is -3.07. The van der Waals surface area contributed by atoms with Crippen molar-refractivity contribution in [3.8, 4) is 17.7 Å². The van der Waals surface area contributed by atoms with Gasteiger partial charge in [-0.15, -0.1) is 0 Å². The molecule has 0 radical (unpaired) electrons.